The van der Waals surface area contributed by atoms with Crippen molar-refractivity contribution in [3.63, 3.8) is 0 Å². The number of hydrogen-bond acceptors (Lipinski definition) is 2. The van der Waals surface area contributed by atoms with Gasteiger partial charge in [-0.15, -0.1) is 11.3 Å². The van der Waals surface area contributed by atoms with E-state index in [0.717, 1.165) is 22.6 Å². The zero-order valence-corrected chi connectivity index (χ0v) is 35.8. The molecule has 0 amide bonds. The van der Waals surface area contributed by atoms with E-state index >= 15 is 0 Å². The van der Waals surface area contributed by atoms with Crippen molar-refractivity contribution < 1.29 is 0 Å². The number of fused-ring (bicyclic) bond motifs is 6. The molecule has 11 aromatic carbocycles. The predicted molar refractivity (Wildman–Crippen MR) is 276 cm³/mol. The molecule has 1 heterocycles. The highest BCUT2D eigenvalue weighted by Crippen LogP contribution is 2.49. The van der Waals surface area contributed by atoms with Crippen molar-refractivity contribution in [3.8, 4) is 55.6 Å². The molecule has 0 atom stereocenters. The van der Waals surface area contributed by atoms with Gasteiger partial charge in [0.25, 0.3) is 0 Å². The quantitative estimate of drug-likeness (QED) is 0.138. The number of thiophene rings is 1. The van der Waals surface area contributed by atoms with Gasteiger partial charge in [-0.1, -0.05) is 212 Å². The Labute approximate surface area is 377 Å². The average Bonchev–Trinajstić information content (AvgIpc) is 3.76. The minimum Gasteiger partial charge on any atom is -0.309 e. The van der Waals surface area contributed by atoms with Gasteiger partial charge in [-0.05, 0) is 96.9 Å². The molecule has 0 saturated carbocycles. The molecule has 0 unspecified atom stereocenters. The van der Waals surface area contributed by atoms with Gasteiger partial charge >= 0.3 is 0 Å². The highest BCUT2D eigenvalue weighted by Gasteiger charge is 2.23. The number of benzene rings is 11. The number of rotatable bonds is 8. The molecular weight excluding hydrogens is 791 g/mol. The van der Waals surface area contributed by atoms with Gasteiger partial charge in [0, 0.05) is 42.6 Å². The third-order valence-corrected chi connectivity index (χ3v) is 13.9. The molecule has 0 fully saturated rings. The van der Waals surface area contributed by atoms with Gasteiger partial charge in [0.05, 0.1) is 11.4 Å². The maximum absolute atomic E-state index is 2.48. The van der Waals surface area contributed by atoms with Gasteiger partial charge in [0.2, 0.25) is 0 Å². The number of hydrogen-bond donors (Lipinski definition) is 0. The van der Waals surface area contributed by atoms with E-state index in [2.05, 4.69) is 254 Å². The van der Waals surface area contributed by atoms with Gasteiger partial charge < -0.3 is 4.90 Å². The molecule has 0 aliphatic heterocycles. The molecule has 0 N–H and O–H groups in total. The molecule has 0 saturated heterocycles. The molecule has 0 radical (unpaired) electrons. The lowest BCUT2D eigenvalue weighted by Crippen LogP contribution is -2.12. The van der Waals surface area contributed by atoms with Crippen LogP contribution in [0, 0.1) is 0 Å². The first-order valence-electron chi connectivity index (χ1n) is 21.9. The van der Waals surface area contributed by atoms with Crippen molar-refractivity contribution in [2.45, 2.75) is 0 Å². The Bertz CT molecular complexity index is 3670. The Kier molecular flexibility index (Phi) is 9.43. The Hall–Kier alpha value is -8.04. The fourth-order valence-corrected chi connectivity index (χ4v) is 10.9. The van der Waals surface area contributed by atoms with Crippen LogP contribution in [0.1, 0.15) is 0 Å². The van der Waals surface area contributed by atoms with E-state index in [1.54, 1.807) is 0 Å². The van der Waals surface area contributed by atoms with Gasteiger partial charge in [-0.2, -0.15) is 0 Å². The van der Waals surface area contributed by atoms with Crippen molar-refractivity contribution in [1.29, 1.82) is 0 Å². The van der Waals surface area contributed by atoms with E-state index in [1.807, 2.05) is 11.3 Å². The summed E-state index contributed by atoms with van der Waals surface area (Å²) in [4.78, 5) is 2.48. The highest BCUT2D eigenvalue weighted by molar-refractivity contribution is 7.26. The van der Waals surface area contributed by atoms with Crippen molar-refractivity contribution >= 4 is 70.1 Å². The van der Waals surface area contributed by atoms with E-state index in [9.17, 15) is 0 Å². The van der Waals surface area contributed by atoms with E-state index in [1.165, 1.54) is 91.8 Å². The maximum Gasteiger partial charge on any atom is 0.0540 e. The number of anilines is 3. The monoisotopic (exact) mass is 831 g/mol. The average molecular weight is 832 g/mol. The molecular formula is C62H41NS. The summed E-state index contributed by atoms with van der Waals surface area (Å²) < 4.78 is 2.60. The second kappa shape index (κ2) is 16.0. The molecule has 64 heavy (non-hydrogen) atoms. The van der Waals surface area contributed by atoms with Crippen LogP contribution in [-0.2, 0) is 0 Å². The van der Waals surface area contributed by atoms with Crippen LogP contribution < -0.4 is 4.90 Å². The molecule has 1 nitrogen and oxygen atoms in total. The van der Waals surface area contributed by atoms with E-state index in [0.29, 0.717) is 0 Å². The zero-order valence-electron chi connectivity index (χ0n) is 35.0. The predicted octanol–water partition coefficient (Wildman–Crippen LogP) is 18.2. The van der Waals surface area contributed by atoms with Crippen LogP contribution in [-0.4, -0.2) is 0 Å². The molecule has 2 heteroatoms. The molecule has 12 aromatic rings. The molecule has 0 bridgehead atoms. The first-order valence-corrected chi connectivity index (χ1v) is 22.7. The molecule has 0 aliphatic rings. The lowest BCUT2D eigenvalue weighted by molar-refractivity contribution is 1.28. The van der Waals surface area contributed by atoms with E-state index < -0.39 is 0 Å². The normalized spacial score (nSPS) is 11.4. The summed E-state index contributed by atoms with van der Waals surface area (Å²) in [6.45, 7) is 0. The van der Waals surface area contributed by atoms with Crippen LogP contribution >= 0.6 is 11.3 Å². The third-order valence-electron chi connectivity index (χ3n) is 12.7. The summed E-state index contributed by atoms with van der Waals surface area (Å²) >= 11 is 1.88. The molecule has 300 valence electrons. The Morgan fingerprint density at radius 2 is 0.766 bits per heavy atom. The Balaban J connectivity index is 1.05. The summed E-state index contributed by atoms with van der Waals surface area (Å²) in [5, 5.41) is 7.66. The fraction of sp³-hybridized carbons (Fsp3) is 0. The van der Waals surface area contributed by atoms with Crippen LogP contribution in [0.15, 0.2) is 249 Å². The van der Waals surface area contributed by atoms with Crippen molar-refractivity contribution in [2.24, 2.45) is 0 Å². The summed E-state index contributed by atoms with van der Waals surface area (Å²) in [6.07, 6.45) is 0. The number of nitrogens with zero attached hydrogens (tertiary/aromatic N) is 1. The van der Waals surface area contributed by atoms with Gasteiger partial charge in [0.15, 0.2) is 0 Å². The Morgan fingerprint density at radius 3 is 1.52 bits per heavy atom. The van der Waals surface area contributed by atoms with Crippen LogP contribution in [0.3, 0.4) is 0 Å². The van der Waals surface area contributed by atoms with E-state index in [4.69, 9.17) is 0 Å². The first kappa shape index (κ1) is 37.7. The summed E-state index contributed by atoms with van der Waals surface area (Å²) in [7, 11) is 0. The second-order valence-electron chi connectivity index (χ2n) is 16.4. The van der Waals surface area contributed by atoms with Crippen LogP contribution in [0.4, 0.5) is 17.1 Å². The van der Waals surface area contributed by atoms with Crippen LogP contribution in [0.2, 0.25) is 0 Å². The molecule has 0 spiro atoms. The lowest BCUT2D eigenvalue weighted by atomic mass is 9.88. The summed E-state index contributed by atoms with van der Waals surface area (Å²) in [5.41, 5.74) is 15.2. The SMILES string of the molecule is c1ccc(-c2ccccc2-c2ccccc2-c2ccccc2N(c2ccc(-c3ccc4c(ccc5ccccc54)c3)cc2)c2ccccc2-c2cccc3c2sc2ccccc23)cc1. The maximum atomic E-state index is 2.48. The van der Waals surface area contributed by atoms with Gasteiger partial charge in [-0.25, -0.2) is 0 Å². The smallest absolute Gasteiger partial charge is 0.0540 e. The fourth-order valence-electron chi connectivity index (χ4n) is 9.70. The summed E-state index contributed by atoms with van der Waals surface area (Å²) in [5.74, 6) is 0. The zero-order chi connectivity index (χ0) is 42.4. The third kappa shape index (κ3) is 6.55. The minimum atomic E-state index is 1.08. The molecule has 12 rings (SSSR count). The lowest BCUT2D eigenvalue weighted by Gasteiger charge is -2.30. The second-order valence-corrected chi connectivity index (χ2v) is 17.4. The number of para-hydroxylation sites is 2. The van der Waals surface area contributed by atoms with Crippen molar-refractivity contribution in [3.05, 3.63) is 249 Å². The van der Waals surface area contributed by atoms with Gasteiger partial charge in [0.1, 0.15) is 0 Å². The summed E-state index contributed by atoms with van der Waals surface area (Å²) in [6, 6.07) is 91.0. The minimum absolute atomic E-state index is 1.08. The molecule has 0 aliphatic carbocycles. The van der Waals surface area contributed by atoms with Crippen LogP contribution in [0.5, 0.6) is 0 Å². The van der Waals surface area contributed by atoms with E-state index in [-0.39, 0.29) is 0 Å². The first-order chi connectivity index (χ1) is 31.8. The van der Waals surface area contributed by atoms with Crippen LogP contribution in [0.25, 0.3) is 97.4 Å². The molecule has 1 aromatic heterocycles. The van der Waals surface area contributed by atoms with Crippen molar-refractivity contribution in [2.75, 3.05) is 4.90 Å². The standard InChI is InChI=1S/C62H41NS/c1-2-17-43(18-3-1)49-21-6-7-22-51(49)52-23-8-9-24-53(52)54-25-10-13-30-59(54)63(60-31-14-11-26-55(60)57-28-16-29-58-56-27-12-15-32-61(56)64-62(57)58)47-38-35-42(36-39-47)45-37-40-50-46(41-45)34-33-44-19-4-5-20-48(44)50/h1-41H. The highest BCUT2D eigenvalue weighted by atomic mass is 32.1. The Morgan fingerprint density at radius 1 is 0.266 bits per heavy atom. The van der Waals surface area contributed by atoms with Gasteiger partial charge in [-0.3, -0.25) is 0 Å². The largest absolute Gasteiger partial charge is 0.309 e. The topological polar surface area (TPSA) is 3.24 Å². The van der Waals surface area contributed by atoms with Crippen molar-refractivity contribution in [1.82, 2.24) is 0 Å².